The summed E-state index contributed by atoms with van der Waals surface area (Å²) in [4.78, 5) is 26.0. The van der Waals surface area contributed by atoms with E-state index in [1.807, 2.05) is 51.1 Å². The lowest BCUT2D eigenvalue weighted by atomic mass is 10.1. The average Bonchev–Trinajstić information content (AvgIpc) is 2.93. The van der Waals surface area contributed by atoms with Gasteiger partial charge in [-0.3, -0.25) is 9.69 Å². The molecule has 0 unspecified atom stereocenters. The van der Waals surface area contributed by atoms with Gasteiger partial charge in [0, 0.05) is 12.1 Å². The summed E-state index contributed by atoms with van der Waals surface area (Å²) < 4.78 is 5.33. The molecule has 120 valence electrons. The van der Waals surface area contributed by atoms with Crippen molar-refractivity contribution in [2.24, 2.45) is 0 Å². The number of amides is 2. The molecular formula is C17H24N2O3. The normalized spacial score (nSPS) is 18.1. The molecule has 1 aromatic rings. The summed E-state index contributed by atoms with van der Waals surface area (Å²) >= 11 is 0. The number of carbonyl (C=O) groups excluding carboxylic acids is 2. The Labute approximate surface area is 131 Å². The van der Waals surface area contributed by atoms with Crippen LogP contribution in [0.15, 0.2) is 30.3 Å². The first-order valence-corrected chi connectivity index (χ1v) is 7.66. The van der Waals surface area contributed by atoms with Gasteiger partial charge in [-0.25, -0.2) is 4.79 Å². The van der Waals surface area contributed by atoms with Crippen molar-refractivity contribution in [3.8, 4) is 0 Å². The summed E-state index contributed by atoms with van der Waals surface area (Å²) in [6.45, 7) is 6.58. The number of carbonyl (C=O) groups is 2. The lowest BCUT2D eigenvalue weighted by molar-refractivity contribution is -0.126. The van der Waals surface area contributed by atoms with Crippen molar-refractivity contribution in [2.45, 2.75) is 51.8 Å². The third kappa shape index (κ3) is 4.48. The van der Waals surface area contributed by atoms with Crippen molar-refractivity contribution in [3.63, 3.8) is 0 Å². The maximum absolute atomic E-state index is 12.3. The van der Waals surface area contributed by atoms with Gasteiger partial charge in [0.05, 0.1) is 0 Å². The second kappa shape index (κ2) is 6.81. The third-order valence-corrected chi connectivity index (χ3v) is 3.49. The van der Waals surface area contributed by atoms with Gasteiger partial charge >= 0.3 is 6.09 Å². The molecule has 1 saturated heterocycles. The molecule has 1 aliphatic rings. The zero-order chi connectivity index (χ0) is 16.2. The van der Waals surface area contributed by atoms with E-state index < -0.39 is 12.1 Å². The van der Waals surface area contributed by atoms with Gasteiger partial charge in [-0.05, 0) is 39.2 Å². The first-order valence-electron chi connectivity index (χ1n) is 7.66. The minimum Gasteiger partial charge on any atom is -0.445 e. The number of hydrogen-bond acceptors (Lipinski definition) is 3. The standard InChI is InChI=1S/C17H24N2O3/c1-17(2,3)18-15(20)14-10-7-11-19(14)16(21)22-12-13-8-5-4-6-9-13/h4-6,8-9,14H,7,10-12H2,1-3H3,(H,18,20)/t14-/m0/s1. The molecule has 1 heterocycles. The Morgan fingerprint density at radius 1 is 1.27 bits per heavy atom. The van der Waals surface area contributed by atoms with Crippen molar-refractivity contribution in [1.29, 1.82) is 0 Å². The molecule has 0 bridgehead atoms. The molecule has 2 rings (SSSR count). The second-order valence-electron chi connectivity index (χ2n) is 6.63. The van der Waals surface area contributed by atoms with Gasteiger partial charge in [0.2, 0.25) is 5.91 Å². The van der Waals surface area contributed by atoms with E-state index in [-0.39, 0.29) is 18.1 Å². The number of hydrogen-bond donors (Lipinski definition) is 1. The Balaban J connectivity index is 1.92. The monoisotopic (exact) mass is 304 g/mol. The number of rotatable bonds is 3. The van der Waals surface area contributed by atoms with Crippen LogP contribution in [0, 0.1) is 0 Å². The van der Waals surface area contributed by atoms with Gasteiger partial charge in [-0.2, -0.15) is 0 Å². The highest BCUT2D eigenvalue weighted by molar-refractivity contribution is 5.86. The summed E-state index contributed by atoms with van der Waals surface area (Å²) in [5.41, 5.74) is 0.630. The van der Waals surface area contributed by atoms with E-state index in [4.69, 9.17) is 4.74 Å². The Morgan fingerprint density at radius 3 is 2.59 bits per heavy atom. The highest BCUT2D eigenvalue weighted by atomic mass is 16.6. The molecule has 0 aliphatic carbocycles. The Hall–Kier alpha value is -2.04. The largest absolute Gasteiger partial charge is 0.445 e. The van der Waals surface area contributed by atoms with E-state index in [9.17, 15) is 9.59 Å². The summed E-state index contributed by atoms with van der Waals surface area (Å²) in [6, 6.07) is 9.10. The predicted molar refractivity (Wildman–Crippen MR) is 84.3 cm³/mol. The van der Waals surface area contributed by atoms with E-state index in [0.717, 1.165) is 12.0 Å². The minimum absolute atomic E-state index is 0.110. The summed E-state index contributed by atoms with van der Waals surface area (Å²) in [5.74, 6) is -0.110. The smallest absolute Gasteiger partial charge is 0.410 e. The second-order valence-corrected chi connectivity index (χ2v) is 6.63. The van der Waals surface area contributed by atoms with Crippen LogP contribution in [0.4, 0.5) is 4.79 Å². The number of nitrogens with zero attached hydrogens (tertiary/aromatic N) is 1. The molecule has 0 aromatic heterocycles. The zero-order valence-electron chi connectivity index (χ0n) is 13.5. The minimum atomic E-state index is -0.428. The lowest BCUT2D eigenvalue weighted by Gasteiger charge is -2.27. The number of nitrogens with one attached hydrogen (secondary N) is 1. The van der Waals surface area contributed by atoms with E-state index in [1.165, 1.54) is 4.90 Å². The highest BCUT2D eigenvalue weighted by Crippen LogP contribution is 2.20. The molecule has 1 aromatic carbocycles. The quantitative estimate of drug-likeness (QED) is 0.934. The van der Waals surface area contributed by atoms with Crippen LogP contribution in [-0.2, 0) is 16.1 Å². The molecule has 0 radical (unpaired) electrons. The molecule has 1 fully saturated rings. The van der Waals surface area contributed by atoms with Crippen LogP contribution in [-0.4, -0.2) is 35.0 Å². The first-order chi connectivity index (χ1) is 10.4. The first kappa shape index (κ1) is 16.3. The zero-order valence-corrected chi connectivity index (χ0v) is 13.5. The van der Waals surface area contributed by atoms with Gasteiger partial charge in [-0.15, -0.1) is 0 Å². The molecule has 1 atom stereocenters. The van der Waals surface area contributed by atoms with Crippen molar-refractivity contribution < 1.29 is 14.3 Å². The Bertz CT molecular complexity index is 522. The number of ether oxygens (including phenoxy) is 1. The van der Waals surface area contributed by atoms with Crippen LogP contribution in [0.3, 0.4) is 0 Å². The maximum atomic E-state index is 12.3. The van der Waals surface area contributed by atoms with E-state index in [2.05, 4.69) is 5.32 Å². The topological polar surface area (TPSA) is 58.6 Å². The van der Waals surface area contributed by atoms with E-state index >= 15 is 0 Å². The third-order valence-electron chi connectivity index (χ3n) is 3.49. The predicted octanol–water partition coefficient (Wildman–Crippen LogP) is 2.70. The molecule has 1 N–H and O–H groups in total. The van der Waals surface area contributed by atoms with E-state index in [1.54, 1.807) is 0 Å². The fourth-order valence-electron chi connectivity index (χ4n) is 2.51. The fraction of sp³-hybridized carbons (Fsp3) is 0.529. The summed E-state index contributed by atoms with van der Waals surface area (Å²) in [7, 11) is 0. The van der Waals surface area contributed by atoms with Crippen molar-refractivity contribution >= 4 is 12.0 Å². The molecule has 1 aliphatic heterocycles. The Kier molecular flexibility index (Phi) is 5.06. The van der Waals surface area contributed by atoms with Gasteiger partial charge in [0.15, 0.2) is 0 Å². The van der Waals surface area contributed by atoms with Crippen molar-refractivity contribution in [3.05, 3.63) is 35.9 Å². The van der Waals surface area contributed by atoms with E-state index in [0.29, 0.717) is 13.0 Å². The molecular weight excluding hydrogens is 280 g/mol. The SMILES string of the molecule is CC(C)(C)NC(=O)[C@@H]1CCCN1C(=O)OCc1ccccc1. The maximum Gasteiger partial charge on any atom is 0.410 e. The van der Waals surface area contributed by atoms with Crippen LogP contribution < -0.4 is 5.32 Å². The molecule has 5 nitrogen and oxygen atoms in total. The van der Waals surface area contributed by atoms with Gasteiger partial charge < -0.3 is 10.1 Å². The van der Waals surface area contributed by atoms with Gasteiger partial charge in [-0.1, -0.05) is 30.3 Å². The molecule has 0 spiro atoms. The molecule has 22 heavy (non-hydrogen) atoms. The van der Waals surface area contributed by atoms with Crippen molar-refractivity contribution in [1.82, 2.24) is 10.2 Å². The Morgan fingerprint density at radius 2 is 1.95 bits per heavy atom. The molecule has 0 saturated carbocycles. The number of likely N-dealkylation sites (tertiary alicyclic amines) is 1. The van der Waals surface area contributed by atoms with Crippen LogP contribution >= 0.6 is 0 Å². The summed E-state index contributed by atoms with van der Waals surface area (Å²) in [5, 5.41) is 2.93. The van der Waals surface area contributed by atoms with Crippen LogP contribution in [0.5, 0.6) is 0 Å². The lowest BCUT2D eigenvalue weighted by Crippen LogP contribution is -2.51. The van der Waals surface area contributed by atoms with Crippen LogP contribution in [0.1, 0.15) is 39.2 Å². The van der Waals surface area contributed by atoms with Gasteiger partial charge in [0.1, 0.15) is 12.6 Å². The van der Waals surface area contributed by atoms with Crippen LogP contribution in [0.25, 0.3) is 0 Å². The molecule has 2 amide bonds. The number of benzene rings is 1. The van der Waals surface area contributed by atoms with Crippen LogP contribution in [0.2, 0.25) is 0 Å². The van der Waals surface area contributed by atoms with Gasteiger partial charge in [0.25, 0.3) is 0 Å². The molecule has 5 heteroatoms. The van der Waals surface area contributed by atoms with Crippen molar-refractivity contribution in [2.75, 3.05) is 6.54 Å². The average molecular weight is 304 g/mol. The highest BCUT2D eigenvalue weighted by Gasteiger charge is 2.36. The summed E-state index contributed by atoms with van der Waals surface area (Å²) in [6.07, 6.45) is 1.08. The fourth-order valence-corrected chi connectivity index (χ4v) is 2.51.